The lowest BCUT2D eigenvalue weighted by atomic mass is 10.2. The maximum absolute atomic E-state index is 5.62. The highest BCUT2D eigenvalue weighted by Gasteiger charge is 2.05. The third kappa shape index (κ3) is 2.24. The fourth-order valence-corrected chi connectivity index (χ4v) is 1.31. The summed E-state index contributed by atoms with van der Waals surface area (Å²) in [7, 11) is 1.95. The maximum Gasteiger partial charge on any atom is 0.0788 e. The molecule has 0 atom stereocenters. The summed E-state index contributed by atoms with van der Waals surface area (Å²) in [6, 6.07) is 2.00. The standard InChI is InChI=1S/C11H15N3/c1-4-5-14(3)11-6-9(2)13-8-10(11)7-12/h1,6,8H,5,7,12H2,2-3H3. The van der Waals surface area contributed by atoms with Gasteiger partial charge in [-0.3, -0.25) is 4.98 Å². The zero-order chi connectivity index (χ0) is 10.6. The molecule has 0 aliphatic carbocycles. The molecule has 0 radical (unpaired) electrons. The number of hydrogen-bond donors (Lipinski definition) is 1. The second-order valence-corrected chi connectivity index (χ2v) is 3.22. The van der Waals surface area contributed by atoms with E-state index in [0.717, 1.165) is 16.9 Å². The van der Waals surface area contributed by atoms with E-state index in [9.17, 15) is 0 Å². The lowest BCUT2D eigenvalue weighted by molar-refractivity contribution is 0.970. The molecule has 0 fully saturated rings. The van der Waals surface area contributed by atoms with Crippen LogP contribution in [0, 0.1) is 19.3 Å². The fraction of sp³-hybridized carbons (Fsp3) is 0.364. The van der Waals surface area contributed by atoms with E-state index >= 15 is 0 Å². The number of nitrogens with two attached hydrogens (primary N) is 1. The third-order valence-electron chi connectivity index (χ3n) is 2.06. The van der Waals surface area contributed by atoms with E-state index in [0.29, 0.717) is 13.1 Å². The molecule has 1 aromatic rings. The molecule has 0 saturated carbocycles. The lowest BCUT2D eigenvalue weighted by Crippen LogP contribution is -2.20. The van der Waals surface area contributed by atoms with Gasteiger partial charge < -0.3 is 10.6 Å². The molecule has 14 heavy (non-hydrogen) atoms. The van der Waals surface area contributed by atoms with E-state index in [-0.39, 0.29) is 0 Å². The van der Waals surface area contributed by atoms with Crippen molar-refractivity contribution in [1.82, 2.24) is 4.98 Å². The number of pyridine rings is 1. The summed E-state index contributed by atoms with van der Waals surface area (Å²) in [4.78, 5) is 6.19. The van der Waals surface area contributed by atoms with E-state index in [4.69, 9.17) is 12.2 Å². The van der Waals surface area contributed by atoms with Crippen molar-refractivity contribution >= 4 is 5.69 Å². The molecule has 0 spiro atoms. The van der Waals surface area contributed by atoms with Crippen molar-refractivity contribution in [2.24, 2.45) is 5.73 Å². The molecular formula is C11H15N3. The van der Waals surface area contributed by atoms with Crippen LogP contribution in [0.4, 0.5) is 5.69 Å². The summed E-state index contributed by atoms with van der Waals surface area (Å²) >= 11 is 0. The number of anilines is 1. The van der Waals surface area contributed by atoms with Crippen LogP contribution in [0.1, 0.15) is 11.3 Å². The average molecular weight is 189 g/mol. The van der Waals surface area contributed by atoms with E-state index in [1.165, 1.54) is 0 Å². The van der Waals surface area contributed by atoms with Crippen LogP contribution < -0.4 is 10.6 Å². The van der Waals surface area contributed by atoms with Gasteiger partial charge in [-0.1, -0.05) is 5.92 Å². The zero-order valence-corrected chi connectivity index (χ0v) is 8.62. The van der Waals surface area contributed by atoms with Gasteiger partial charge in [0.25, 0.3) is 0 Å². The molecule has 3 heteroatoms. The molecule has 0 aliphatic heterocycles. The average Bonchev–Trinajstić information content (AvgIpc) is 2.18. The Bertz CT molecular complexity index is 352. The number of terminal acetylenes is 1. The minimum Gasteiger partial charge on any atom is -0.363 e. The highest BCUT2D eigenvalue weighted by atomic mass is 15.1. The molecule has 0 saturated heterocycles. The molecule has 0 bridgehead atoms. The Balaban J connectivity index is 3.04. The van der Waals surface area contributed by atoms with Crippen LogP contribution in [0.15, 0.2) is 12.3 Å². The van der Waals surface area contributed by atoms with E-state index < -0.39 is 0 Å². The van der Waals surface area contributed by atoms with Gasteiger partial charge in [0, 0.05) is 36.7 Å². The van der Waals surface area contributed by atoms with Crippen LogP contribution in [0.25, 0.3) is 0 Å². The zero-order valence-electron chi connectivity index (χ0n) is 8.62. The maximum atomic E-state index is 5.62. The summed E-state index contributed by atoms with van der Waals surface area (Å²) < 4.78 is 0. The number of nitrogens with zero attached hydrogens (tertiary/aromatic N) is 2. The molecule has 0 aliphatic rings. The van der Waals surface area contributed by atoms with Gasteiger partial charge in [-0.25, -0.2) is 0 Å². The predicted molar refractivity (Wildman–Crippen MR) is 59.0 cm³/mol. The Kier molecular flexibility index (Phi) is 3.49. The molecule has 2 N–H and O–H groups in total. The monoisotopic (exact) mass is 189 g/mol. The first-order valence-electron chi connectivity index (χ1n) is 4.49. The molecule has 74 valence electrons. The van der Waals surface area contributed by atoms with Crippen LogP contribution in [0.3, 0.4) is 0 Å². The third-order valence-corrected chi connectivity index (χ3v) is 2.06. The molecule has 1 rings (SSSR count). The molecule has 1 aromatic heterocycles. The highest BCUT2D eigenvalue weighted by Crippen LogP contribution is 2.18. The molecule has 3 nitrogen and oxygen atoms in total. The Hall–Kier alpha value is -1.53. The van der Waals surface area contributed by atoms with Gasteiger partial charge in [-0.15, -0.1) is 6.42 Å². The minimum atomic E-state index is 0.484. The topological polar surface area (TPSA) is 42.2 Å². The largest absolute Gasteiger partial charge is 0.363 e. The predicted octanol–water partition coefficient (Wildman–Crippen LogP) is 0.918. The number of aromatic nitrogens is 1. The first-order chi connectivity index (χ1) is 6.69. The Labute approximate surface area is 84.9 Å². The Morgan fingerprint density at radius 3 is 2.93 bits per heavy atom. The molecule has 0 unspecified atom stereocenters. The summed E-state index contributed by atoms with van der Waals surface area (Å²) in [6.07, 6.45) is 7.06. The first-order valence-corrected chi connectivity index (χ1v) is 4.49. The van der Waals surface area contributed by atoms with Crippen molar-refractivity contribution in [2.75, 3.05) is 18.5 Å². The minimum absolute atomic E-state index is 0.484. The van der Waals surface area contributed by atoms with Crippen molar-refractivity contribution in [1.29, 1.82) is 0 Å². The van der Waals surface area contributed by atoms with Crippen molar-refractivity contribution in [2.45, 2.75) is 13.5 Å². The Morgan fingerprint density at radius 2 is 2.36 bits per heavy atom. The number of rotatable bonds is 3. The second kappa shape index (κ2) is 4.64. The van der Waals surface area contributed by atoms with Crippen molar-refractivity contribution in [3.05, 3.63) is 23.5 Å². The van der Waals surface area contributed by atoms with Crippen molar-refractivity contribution in [3.8, 4) is 12.3 Å². The van der Waals surface area contributed by atoms with Gasteiger partial charge in [0.1, 0.15) is 0 Å². The van der Waals surface area contributed by atoms with Crippen LogP contribution in [0.5, 0.6) is 0 Å². The van der Waals surface area contributed by atoms with Crippen LogP contribution in [-0.4, -0.2) is 18.6 Å². The van der Waals surface area contributed by atoms with Gasteiger partial charge in [-0.2, -0.15) is 0 Å². The van der Waals surface area contributed by atoms with Crippen molar-refractivity contribution in [3.63, 3.8) is 0 Å². The SMILES string of the molecule is C#CCN(C)c1cc(C)ncc1CN. The molecule has 0 amide bonds. The quantitative estimate of drug-likeness (QED) is 0.719. The van der Waals surface area contributed by atoms with Gasteiger partial charge in [0.15, 0.2) is 0 Å². The van der Waals surface area contributed by atoms with Crippen LogP contribution in [0.2, 0.25) is 0 Å². The van der Waals surface area contributed by atoms with Crippen molar-refractivity contribution < 1.29 is 0 Å². The summed E-state index contributed by atoms with van der Waals surface area (Å²) in [5.74, 6) is 2.60. The molecular weight excluding hydrogens is 174 g/mol. The van der Waals surface area contributed by atoms with E-state index in [1.54, 1.807) is 6.20 Å². The summed E-state index contributed by atoms with van der Waals surface area (Å²) in [5, 5.41) is 0. The number of hydrogen-bond acceptors (Lipinski definition) is 3. The fourth-order valence-electron chi connectivity index (χ4n) is 1.31. The smallest absolute Gasteiger partial charge is 0.0788 e. The van der Waals surface area contributed by atoms with Crippen LogP contribution >= 0.6 is 0 Å². The lowest BCUT2D eigenvalue weighted by Gasteiger charge is -2.19. The summed E-state index contributed by atoms with van der Waals surface area (Å²) in [5.41, 5.74) is 8.68. The van der Waals surface area contributed by atoms with E-state index in [2.05, 4.69) is 10.9 Å². The summed E-state index contributed by atoms with van der Waals surface area (Å²) in [6.45, 7) is 3.02. The second-order valence-electron chi connectivity index (χ2n) is 3.22. The normalized spacial score (nSPS) is 9.57. The molecule has 0 aromatic carbocycles. The van der Waals surface area contributed by atoms with Gasteiger partial charge in [-0.05, 0) is 13.0 Å². The van der Waals surface area contributed by atoms with Crippen LogP contribution in [-0.2, 0) is 6.54 Å². The van der Waals surface area contributed by atoms with Gasteiger partial charge in [0.05, 0.1) is 6.54 Å². The van der Waals surface area contributed by atoms with Gasteiger partial charge >= 0.3 is 0 Å². The Morgan fingerprint density at radius 1 is 1.64 bits per heavy atom. The van der Waals surface area contributed by atoms with E-state index in [1.807, 2.05) is 24.9 Å². The van der Waals surface area contributed by atoms with Gasteiger partial charge in [0.2, 0.25) is 0 Å². The number of aryl methyl sites for hydroxylation is 1. The molecule has 1 heterocycles. The first kappa shape index (κ1) is 10.6. The highest BCUT2D eigenvalue weighted by molar-refractivity contribution is 5.53.